The van der Waals surface area contributed by atoms with Crippen LogP contribution in [0.5, 0.6) is 0 Å². The molecule has 0 aliphatic heterocycles. The van der Waals surface area contributed by atoms with Gasteiger partial charge in [0.1, 0.15) is 10.7 Å². The molecule has 1 heterocycles. The fourth-order valence-corrected chi connectivity index (χ4v) is 4.11. The predicted molar refractivity (Wildman–Crippen MR) is 124 cm³/mol. The van der Waals surface area contributed by atoms with E-state index in [-0.39, 0.29) is 5.91 Å². The molecule has 0 fully saturated rings. The number of rotatable bonds is 7. The Kier molecular flexibility index (Phi) is 6.62. The minimum atomic E-state index is -0.0213. The average molecular weight is 434 g/mol. The number of nitrogens with zero attached hydrogens (tertiary/aromatic N) is 2. The molecule has 150 valence electrons. The molecule has 30 heavy (non-hydrogen) atoms. The van der Waals surface area contributed by atoms with Gasteiger partial charge in [0, 0.05) is 27.9 Å². The van der Waals surface area contributed by atoms with Crippen molar-refractivity contribution in [3.63, 3.8) is 0 Å². The van der Waals surface area contributed by atoms with Crippen LogP contribution in [0.1, 0.15) is 5.56 Å². The second-order valence-corrected chi connectivity index (χ2v) is 8.18. The van der Waals surface area contributed by atoms with Crippen molar-refractivity contribution < 1.29 is 4.79 Å². The van der Waals surface area contributed by atoms with E-state index in [1.54, 1.807) is 0 Å². The van der Waals surface area contributed by atoms with Crippen LogP contribution in [-0.4, -0.2) is 28.4 Å². The lowest BCUT2D eigenvalue weighted by molar-refractivity contribution is -0.118. The van der Waals surface area contributed by atoms with Crippen molar-refractivity contribution in [1.29, 1.82) is 0 Å². The minimum Gasteiger partial charge on any atom is -0.355 e. The first-order valence-corrected chi connectivity index (χ1v) is 11.0. The zero-order valence-electron chi connectivity index (χ0n) is 16.2. The first-order chi connectivity index (χ1) is 14.7. The van der Waals surface area contributed by atoms with Gasteiger partial charge < -0.3 is 5.32 Å². The van der Waals surface area contributed by atoms with Gasteiger partial charge in [0.25, 0.3) is 0 Å². The maximum absolute atomic E-state index is 12.3. The van der Waals surface area contributed by atoms with Gasteiger partial charge in [0.15, 0.2) is 0 Å². The van der Waals surface area contributed by atoms with Gasteiger partial charge in [-0.15, -0.1) is 10.2 Å². The molecule has 6 heteroatoms. The molecule has 4 nitrogen and oxygen atoms in total. The van der Waals surface area contributed by atoms with Crippen LogP contribution in [-0.2, 0) is 11.2 Å². The van der Waals surface area contributed by atoms with Gasteiger partial charge in [-0.25, -0.2) is 0 Å². The zero-order chi connectivity index (χ0) is 20.8. The van der Waals surface area contributed by atoms with E-state index in [9.17, 15) is 4.79 Å². The summed E-state index contributed by atoms with van der Waals surface area (Å²) in [4.78, 5) is 12.3. The topological polar surface area (TPSA) is 54.9 Å². The van der Waals surface area contributed by atoms with E-state index in [1.165, 1.54) is 11.8 Å². The highest BCUT2D eigenvalue weighted by atomic mass is 35.5. The molecule has 0 radical (unpaired) electrons. The van der Waals surface area contributed by atoms with E-state index in [0.717, 1.165) is 39.0 Å². The molecule has 1 N–H and O–H groups in total. The first kappa shape index (κ1) is 20.4. The van der Waals surface area contributed by atoms with Gasteiger partial charge in [-0.1, -0.05) is 90.1 Å². The molecule has 0 aliphatic rings. The molecule has 0 atom stereocenters. The summed E-state index contributed by atoms with van der Waals surface area (Å²) in [6.45, 7) is 0.584. The second kappa shape index (κ2) is 9.74. The number of fused-ring (bicyclic) bond motifs is 1. The average Bonchev–Trinajstić information content (AvgIpc) is 2.79. The number of amides is 1. The molecule has 3 aromatic carbocycles. The smallest absolute Gasteiger partial charge is 0.230 e. The summed E-state index contributed by atoms with van der Waals surface area (Å²) in [6, 6.07) is 25.7. The summed E-state index contributed by atoms with van der Waals surface area (Å²) < 4.78 is 0. The standard InChI is InChI=1S/C24H20ClN3OS/c25-19-12-10-17(11-13-19)14-15-26-22(29)16-30-24-21-9-5-4-8-20(21)23(27-28-24)18-6-2-1-3-7-18/h1-13H,14-16H2,(H,26,29). The molecule has 0 unspecified atom stereocenters. The van der Waals surface area contributed by atoms with Crippen LogP contribution in [0, 0.1) is 0 Å². The van der Waals surface area contributed by atoms with Gasteiger partial charge in [-0.3, -0.25) is 4.79 Å². The SMILES string of the molecule is O=C(CSc1nnc(-c2ccccc2)c2ccccc12)NCCc1ccc(Cl)cc1. The van der Waals surface area contributed by atoms with Gasteiger partial charge in [-0.05, 0) is 24.1 Å². The molecule has 4 aromatic rings. The number of thioether (sulfide) groups is 1. The summed E-state index contributed by atoms with van der Waals surface area (Å²) in [5.41, 5.74) is 3.02. The molecule has 0 saturated heterocycles. The van der Waals surface area contributed by atoms with Crippen molar-refractivity contribution in [2.24, 2.45) is 0 Å². The van der Waals surface area contributed by atoms with Crippen LogP contribution in [0.25, 0.3) is 22.0 Å². The van der Waals surface area contributed by atoms with E-state index in [1.807, 2.05) is 78.9 Å². The number of benzene rings is 3. The lowest BCUT2D eigenvalue weighted by Crippen LogP contribution is -2.27. The lowest BCUT2D eigenvalue weighted by Gasteiger charge is -2.09. The van der Waals surface area contributed by atoms with Crippen molar-refractivity contribution in [1.82, 2.24) is 15.5 Å². The number of hydrogen-bond donors (Lipinski definition) is 1. The molecule has 0 saturated carbocycles. The Morgan fingerprint density at radius 3 is 2.33 bits per heavy atom. The molecule has 0 aliphatic carbocycles. The molecule has 0 bridgehead atoms. The predicted octanol–water partition coefficient (Wildman–Crippen LogP) is 5.40. The van der Waals surface area contributed by atoms with Crippen LogP contribution >= 0.6 is 23.4 Å². The zero-order valence-corrected chi connectivity index (χ0v) is 17.8. The quantitative estimate of drug-likeness (QED) is 0.396. The lowest BCUT2D eigenvalue weighted by atomic mass is 10.1. The third-order valence-corrected chi connectivity index (χ3v) is 5.92. The number of halogens is 1. The Bertz CT molecular complexity index is 1150. The Morgan fingerprint density at radius 2 is 1.57 bits per heavy atom. The molecule has 1 aromatic heterocycles. The molecular formula is C24H20ClN3OS. The van der Waals surface area contributed by atoms with E-state index in [4.69, 9.17) is 11.6 Å². The summed E-state index contributed by atoms with van der Waals surface area (Å²) in [5, 5.41) is 15.3. The largest absolute Gasteiger partial charge is 0.355 e. The number of nitrogens with one attached hydrogen (secondary N) is 1. The van der Waals surface area contributed by atoms with Gasteiger partial charge in [0.2, 0.25) is 5.91 Å². The van der Waals surface area contributed by atoms with E-state index in [2.05, 4.69) is 15.5 Å². The molecular weight excluding hydrogens is 414 g/mol. The summed E-state index contributed by atoms with van der Waals surface area (Å²) in [7, 11) is 0. The van der Waals surface area contributed by atoms with Gasteiger partial charge in [-0.2, -0.15) is 0 Å². The van der Waals surface area contributed by atoms with Crippen molar-refractivity contribution in [3.8, 4) is 11.3 Å². The third-order valence-electron chi connectivity index (χ3n) is 4.69. The highest BCUT2D eigenvalue weighted by Gasteiger charge is 2.12. The van der Waals surface area contributed by atoms with Crippen molar-refractivity contribution in [3.05, 3.63) is 89.4 Å². The van der Waals surface area contributed by atoms with E-state index in [0.29, 0.717) is 17.3 Å². The van der Waals surface area contributed by atoms with Crippen LogP contribution in [0.2, 0.25) is 5.02 Å². The normalized spacial score (nSPS) is 10.8. The minimum absolute atomic E-state index is 0.0213. The van der Waals surface area contributed by atoms with Crippen LogP contribution in [0.15, 0.2) is 83.9 Å². The highest BCUT2D eigenvalue weighted by Crippen LogP contribution is 2.31. The van der Waals surface area contributed by atoms with Crippen LogP contribution < -0.4 is 5.32 Å². The maximum atomic E-state index is 12.3. The van der Waals surface area contributed by atoms with Crippen LogP contribution in [0.3, 0.4) is 0 Å². The fraction of sp³-hybridized carbons (Fsp3) is 0.125. The summed E-state index contributed by atoms with van der Waals surface area (Å²) >= 11 is 7.31. The monoisotopic (exact) mass is 433 g/mol. The molecule has 0 spiro atoms. The Morgan fingerprint density at radius 1 is 0.867 bits per heavy atom. The van der Waals surface area contributed by atoms with Gasteiger partial charge in [0.05, 0.1) is 5.75 Å². The second-order valence-electron chi connectivity index (χ2n) is 6.78. The van der Waals surface area contributed by atoms with Gasteiger partial charge >= 0.3 is 0 Å². The molecule has 4 rings (SSSR count). The number of carbonyl (C=O) groups is 1. The van der Waals surface area contributed by atoms with Crippen LogP contribution in [0.4, 0.5) is 0 Å². The maximum Gasteiger partial charge on any atom is 0.230 e. The Balaban J connectivity index is 1.40. The highest BCUT2D eigenvalue weighted by molar-refractivity contribution is 8.00. The Hall–Kier alpha value is -2.89. The van der Waals surface area contributed by atoms with Crippen molar-refractivity contribution in [2.75, 3.05) is 12.3 Å². The Labute approximate surface area is 184 Å². The summed E-state index contributed by atoms with van der Waals surface area (Å²) in [5.74, 6) is 0.274. The van der Waals surface area contributed by atoms with E-state index < -0.39 is 0 Å². The third kappa shape index (κ3) is 4.99. The first-order valence-electron chi connectivity index (χ1n) is 9.65. The number of carbonyl (C=O) groups excluding carboxylic acids is 1. The van der Waals surface area contributed by atoms with Crippen molar-refractivity contribution in [2.45, 2.75) is 11.4 Å². The number of aromatic nitrogens is 2. The number of hydrogen-bond acceptors (Lipinski definition) is 4. The van der Waals surface area contributed by atoms with Crippen molar-refractivity contribution >= 4 is 40.0 Å². The summed E-state index contributed by atoms with van der Waals surface area (Å²) in [6.07, 6.45) is 0.766. The fourth-order valence-electron chi connectivity index (χ4n) is 3.18. The van der Waals surface area contributed by atoms with E-state index >= 15 is 0 Å². The molecule has 1 amide bonds.